The molecule has 3 rings (SSSR count). The van der Waals surface area contributed by atoms with Crippen LogP contribution in [0.2, 0.25) is 0 Å². The van der Waals surface area contributed by atoms with Crippen molar-refractivity contribution in [3.63, 3.8) is 0 Å². The van der Waals surface area contributed by atoms with E-state index in [4.69, 9.17) is 9.15 Å². The number of tetrazole rings is 1. The van der Waals surface area contributed by atoms with Crippen LogP contribution < -0.4 is 10.1 Å². The molecule has 0 fully saturated rings. The number of hydrogen-bond donors (Lipinski definition) is 1. The first-order chi connectivity index (χ1) is 13.0. The van der Waals surface area contributed by atoms with Gasteiger partial charge in [-0.15, -0.1) is 5.10 Å². The fourth-order valence-corrected chi connectivity index (χ4v) is 2.60. The Kier molecular flexibility index (Phi) is 5.85. The highest BCUT2D eigenvalue weighted by Gasteiger charge is 2.11. The third kappa shape index (κ3) is 4.93. The van der Waals surface area contributed by atoms with Crippen LogP contribution >= 0.6 is 0 Å². The van der Waals surface area contributed by atoms with Crippen molar-refractivity contribution in [3.8, 4) is 5.75 Å². The number of hydrogen-bond acceptors (Lipinski definition) is 6. The third-order valence-electron chi connectivity index (χ3n) is 3.97. The molecule has 3 aromatic rings. The quantitative estimate of drug-likeness (QED) is 0.656. The van der Waals surface area contributed by atoms with Crippen LogP contribution in [0.15, 0.2) is 40.8 Å². The number of furan rings is 1. The number of carbonyl (C=O) groups excluding carboxylic acids is 1. The second-order valence-corrected chi connectivity index (χ2v) is 6.47. The molecular formula is C19H23N5O3. The maximum Gasteiger partial charge on any atom is 0.251 e. The second-order valence-electron chi connectivity index (χ2n) is 6.47. The van der Waals surface area contributed by atoms with Crippen molar-refractivity contribution in [2.24, 2.45) is 0 Å². The number of nitrogens with one attached hydrogen (secondary N) is 1. The first-order valence-electron chi connectivity index (χ1n) is 8.86. The predicted octanol–water partition coefficient (Wildman–Crippen LogP) is 2.71. The van der Waals surface area contributed by atoms with E-state index in [-0.39, 0.29) is 18.6 Å². The number of ether oxygens (including phenoxy) is 1. The van der Waals surface area contributed by atoms with Crippen molar-refractivity contribution in [3.05, 3.63) is 59.3 Å². The van der Waals surface area contributed by atoms with Crippen molar-refractivity contribution >= 4 is 5.91 Å². The molecule has 8 heteroatoms. The normalized spacial score (nSPS) is 11.0. The summed E-state index contributed by atoms with van der Waals surface area (Å²) in [6, 6.07) is 11.0. The molecule has 1 aromatic carbocycles. The van der Waals surface area contributed by atoms with Gasteiger partial charge in [0.15, 0.2) is 5.82 Å². The van der Waals surface area contributed by atoms with E-state index in [2.05, 4.69) is 20.8 Å². The summed E-state index contributed by atoms with van der Waals surface area (Å²) in [4.78, 5) is 12.3. The van der Waals surface area contributed by atoms with Crippen LogP contribution in [-0.2, 0) is 13.0 Å². The lowest BCUT2D eigenvalue weighted by Crippen LogP contribution is -2.25. The molecule has 2 aromatic heterocycles. The van der Waals surface area contributed by atoms with Crippen molar-refractivity contribution in [1.29, 1.82) is 0 Å². The average molecular weight is 369 g/mol. The lowest BCUT2D eigenvalue weighted by molar-refractivity contribution is 0.0953. The van der Waals surface area contributed by atoms with E-state index in [0.717, 1.165) is 11.5 Å². The van der Waals surface area contributed by atoms with Crippen LogP contribution in [0, 0.1) is 6.92 Å². The van der Waals surface area contributed by atoms with Crippen LogP contribution in [0.4, 0.5) is 0 Å². The maximum absolute atomic E-state index is 12.3. The molecule has 1 amide bonds. The molecule has 0 atom stereocenters. The molecular weight excluding hydrogens is 346 g/mol. The first kappa shape index (κ1) is 18.6. The molecule has 0 unspecified atom stereocenters. The lowest BCUT2D eigenvalue weighted by Gasteiger charge is -2.10. The zero-order chi connectivity index (χ0) is 19.2. The van der Waals surface area contributed by atoms with Gasteiger partial charge in [0.25, 0.3) is 5.91 Å². The number of nitrogens with zero attached hydrogens (tertiary/aromatic N) is 4. The molecule has 0 bridgehead atoms. The minimum absolute atomic E-state index is 0.147. The third-order valence-corrected chi connectivity index (χ3v) is 3.97. The minimum atomic E-state index is -0.157. The van der Waals surface area contributed by atoms with Crippen molar-refractivity contribution in [2.75, 3.05) is 6.54 Å². The Hall–Kier alpha value is -3.16. The minimum Gasteiger partial charge on any atom is -0.486 e. The Morgan fingerprint density at radius 2 is 2.15 bits per heavy atom. The van der Waals surface area contributed by atoms with Crippen LogP contribution in [0.1, 0.15) is 47.6 Å². The molecule has 0 aliphatic heterocycles. The highest BCUT2D eigenvalue weighted by molar-refractivity contribution is 5.94. The van der Waals surface area contributed by atoms with Gasteiger partial charge >= 0.3 is 0 Å². The summed E-state index contributed by atoms with van der Waals surface area (Å²) in [7, 11) is 0. The van der Waals surface area contributed by atoms with Gasteiger partial charge in [0.1, 0.15) is 23.9 Å². The second kappa shape index (κ2) is 8.48. The van der Waals surface area contributed by atoms with Crippen LogP contribution in [0.5, 0.6) is 5.75 Å². The van der Waals surface area contributed by atoms with Gasteiger partial charge in [-0.25, -0.2) is 4.68 Å². The van der Waals surface area contributed by atoms with E-state index in [1.165, 1.54) is 0 Å². The fraction of sp³-hybridized carbons (Fsp3) is 0.368. The van der Waals surface area contributed by atoms with Crippen molar-refractivity contribution < 1.29 is 13.9 Å². The van der Waals surface area contributed by atoms with E-state index >= 15 is 0 Å². The Morgan fingerprint density at radius 1 is 1.30 bits per heavy atom. The van der Waals surface area contributed by atoms with E-state index in [1.54, 1.807) is 28.9 Å². The summed E-state index contributed by atoms with van der Waals surface area (Å²) < 4.78 is 12.9. The summed E-state index contributed by atoms with van der Waals surface area (Å²) in [5.74, 6) is 2.78. The molecule has 8 nitrogen and oxygen atoms in total. The highest BCUT2D eigenvalue weighted by Crippen LogP contribution is 2.15. The molecule has 0 saturated heterocycles. The van der Waals surface area contributed by atoms with Crippen LogP contribution in [0.3, 0.4) is 0 Å². The zero-order valence-corrected chi connectivity index (χ0v) is 15.7. The zero-order valence-electron chi connectivity index (χ0n) is 15.7. The number of amides is 1. The molecule has 0 aliphatic rings. The van der Waals surface area contributed by atoms with Gasteiger partial charge in [-0.2, -0.15) is 0 Å². The van der Waals surface area contributed by atoms with Crippen LogP contribution in [-0.4, -0.2) is 32.7 Å². The van der Waals surface area contributed by atoms with Gasteiger partial charge in [0, 0.05) is 18.5 Å². The smallest absolute Gasteiger partial charge is 0.251 e. The van der Waals surface area contributed by atoms with Crippen molar-refractivity contribution in [1.82, 2.24) is 25.5 Å². The monoisotopic (exact) mass is 369 g/mol. The SMILES string of the molecule is Cc1ccc(CCNC(=O)c2cccc(OCc3nnnn3C(C)C)c2)o1. The number of aromatic nitrogens is 4. The van der Waals surface area contributed by atoms with Gasteiger partial charge in [0.2, 0.25) is 0 Å². The summed E-state index contributed by atoms with van der Waals surface area (Å²) >= 11 is 0. The van der Waals surface area contributed by atoms with Crippen LogP contribution in [0.25, 0.3) is 0 Å². The molecule has 0 aliphatic carbocycles. The topological polar surface area (TPSA) is 95.1 Å². The molecule has 27 heavy (non-hydrogen) atoms. The van der Waals surface area contributed by atoms with Crippen molar-refractivity contribution in [2.45, 2.75) is 39.8 Å². The van der Waals surface area contributed by atoms with E-state index in [0.29, 0.717) is 30.1 Å². The Morgan fingerprint density at radius 3 is 2.89 bits per heavy atom. The van der Waals surface area contributed by atoms with E-state index in [1.807, 2.05) is 32.9 Å². The number of rotatable bonds is 8. The molecule has 1 N–H and O–H groups in total. The standard InChI is InChI=1S/C19H23N5O3/c1-13(2)24-18(21-22-23-24)12-26-17-6-4-5-15(11-17)19(25)20-10-9-16-8-7-14(3)27-16/h4-8,11,13H,9-10,12H2,1-3H3,(H,20,25). The summed E-state index contributed by atoms with van der Waals surface area (Å²) in [6.45, 7) is 6.62. The van der Waals surface area contributed by atoms with E-state index in [9.17, 15) is 4.79 Å². The number of carbonyl (C=O) groups is 1. The molecule has 2 heterocycles. The van der Waals surface area contributed by atoms with Gasteiger partial charge < -0.3 is 14.5 Å². The molecule has 0 saturated carbocycles. The fourth-order valence-electron chi connectivity index (χ4n) is 2.60. The van der Waals surface area contributed by atoms with Gasteiger partial charge in [-0.1, -0.05) is 6.07 Å². The molecule has 0 spiro atoms. The summed E-state index contributed by atoms with van der Waals surface area (Å²) in [5.41, 5.74) is 0.534. The van der Waals surface area contributed by atoms with E-state index < -0.39 is 0 Å². The largest absolute Gasteiger partial charge is 0.486 e. The first-order valence-corrected chi connectivity index (χ1v) is 8.86. The summed E-state index contributed by atoms with van der Waals surface area (Å²) in [5, 5.41) is 14.5. The molecule has 142 valence electrons. The number of benzene rings is 1. The van der Waals surface area contributed by atoms with Gasteiger partial charge in [-0.3, -0.25) is 4.79 Å². The van der Waals surface area contributed by atoms with Gasteiger partial charge in [0.05, 0.1) is 6.04 Å². The maximum atomic E-state index is 12.3. The lowest BCUT2D eigenvalue weighted by atomic mass is 10.2. The van der Waals surface area contributed by atoms with Gasteiger partial charge in [-0.05, 0) is 61.5 Å². The Bertz CT molecular complexity index is 900. The number of aryl methyl sites for hydroxylation is 1. The Labute approximate surface area is 157 Å². The predicted molar refractivity (Wildman–Crippen MR) is 98.5 cm³/mol. The highest BCUT2D eigenvalue weighted by atomic mass is 16.5. The molecule has 0 radical (unpaired) electrons. The Balaban J connectivity index is 1.54. The summed E-state index contributed by atoms with van der Waals surface area (Å²) in [6.07, 6.45) is 0.646. The average Bonchev–Trinajstić information content (AvgIpc) is 3.29.